The van der Waals surface area contributed by atoms with Gasteiger partial charge in [-0.3, -0.25) is 0 Å². The first-order chi connectivity index (χ1) is 9.74. The minimum atomic E-state index is 0.124. The molecule has 0 aromatic heterocycles. The Morgan fingerprint density at radius 3 is 2.80 bits per heavy atom. The minimum Gasteiger partial charge on any atom is -0.375 e. The van der Waals surface area contributed by atoms with Crippen LogP contribution < -0.4 is 4.90 Å². The van der Waals surface area contributed by atoms with E-state index in [0.717, 1.165) is 30.7 Å². The van der Waals surface area contributed by atoms with E-state index in [9.17, 15) is 5.26 Å². The zero-order valence-electron chi connectivity index (χ0n) is 12.1. The highest BCUT2D eigenvalue weighted by Gasteiger charge is 2.41. The SMILES string of the molecule is CN(c1ccccc1C#N)C1CCOC2(CCCC2)C1. The molecule has 3 nitrogen and oxygen atoms in total. The summed E-state index contributed by atoms with van der Waals surface area (Å²) in [5, 5.41) is 9.27. The Kier molecular flexibility index (Phi) is 3.67. The molecule has 3 heteroatoms. The van der Waals surface area contributed by atoms with Crippen LogP contribution in [0.4, 0.5) is 5.69 Å². The summed E-state index contributed by atoms with van der Waals surface area (Å²) in [5.41, 5.74) is 1.94. The summed E-state index contributed by atoms with van der Waals surface area (Å²) >= 11 is 0. The third-order valence-corrected chi connectivity index (χ3v) is 4.93. The van der Waals surface area contributed by atoms with Gasteiger partial charge in [0.05, 0.1) is 16.9 Å². The van der Waals surface area contributed by atoms with E-state index in [1.165, 1.54) is 25.7 Å². The number of nitrogens with zero attached hydrogens (tertiary/aromatic N) is 2. The highest BCUT2D eigenvalue weighted by Crippen LogP contribution is 2.41. The third-order valence-electron chi connectivity index (χ3n) is 4.93. The summed E-state index contributed by atoms with van der Waals surface area (Å²) in [7, 11) is 2.12. The Labute approximate surface area is 121 Å². The second-order valence-electron chi connectivity index (χ2n) is 6.13. The number of hydrogen-bond donors (Lipinski definition) is 0. The summed E-state index contributed by atoms with van der Waals surface area (Å²) < 4.78 is 6.11. The van der Waals surface area contributed by atoms with Crippen molar-refractivity contribution >= 4 is 5.69 Å². The maximum atomic E-state index is 9.27. The predicted molar refractivity (Wildman–Crippen MR) is 79.7 cm³/mol. The van der Waals surface area contributed by atoms with Crippen molar-refractivity contribution in [2.75, 3.05) is 18.6 Å². The molecular formula is C17H22N2O. The maximum absolute atomic E-state index is 9.27. The van der Waals surface area contributed by atoms with E-state index in [0.29, 0.717) is 6.04 Å². The molecule has 1 aliphatic heterocycles. The molecule has 1 heterocycles. The predicted octanol–water partition coefficient (Wildman–Crippen LogP) is 3.49. The van der Waals surface area contributed by atoms with Crippen LogP contribution in [0.3, 0.4) is 0 Å². The fraction of sp³-hybridized carbons (Fsp3) is 0.588. The van der Waals surface area contributed by atoms with Gasteiger partial charge in [-0.2, -0.15) is 5.26 Å². The van der Waals surface area contributed by atoms with Gasteiger partial charge in [-0.25, -0.2) is 0 Å². The number of para-hydroxylation sites is 1. The van der Waals surface area contributed by atoms with Crippen molar-refractivity contribution in [1.82, 2.24) is 0 Å². The molecule has 1 aromatic carbocycles. The van der Waals surface area contributed by atoms with Crippen molar-refractivity contribution in [3.05, 3.63) is 29.8 Å². The number of rotatable bonds is 2. The molecular weight excluding hydrogens is 248 g/mol. The third kappa shape index (κ3) is 2.41. The van der Waals surface area contributed by atoms with Crippen molar-refractivity contribution in [2.24, 2.45) is 0 Å². The summed E-state index contributed by atoms with van der Waals surface area (Å²) in [6, 6.07) is 10.7. The molecule has 1 aliphatic carbocycles. The summed E-state index contributed by atoms with van der Waals surface area (Å²) in [6.45, 7) is 0.851. The lowest BCUT2D eigenvalue weighted by Crippen LogP contribution is -2.46. The Balaban J connectivity index is 1.80. The number of ether oxygens (including phenoxy) is 1. The van der Waals surface area contributed by atoms with Gasteiger partial charge in [0.15, 0.2) is 0 Å². The lowest BCUT2D eigenvalue weighted by atomic mass is 9.88. The van der Waals surface area contributed by atoms with Crippen LogP contribution in [-0.2, 0) is 4.74 Å². The van der Waals surface area contributed by atoms with E-state index in [1.807, 2.05) is 18.2 Å². The quantitative estimate of drug-likeness (QED) is 0.825. The van der Waals surface area contributed by atoms with E-state index in [4.69, 9.17) is 4.74 Å². The summed E-state index contributed by atoms with van der Waals surface area (Å²) in [6.07, 6.45) is 7.16. The first-order valence-corrected chi connectivity index (χ1v) is 7.60. The van der Waals surface area contributed by atoms with Gasteiger partial charge in [-0.05, 0) is 37.8 Å². The van der Waals surface area contributed by atoms with Gasteiger partial charge in [0.2, 0.25) is 0 Å². The molecule has 1 atom stereocenters. The summed E-state index contributed by atoms with van der Waals surface area (Å²) in [5.74, 6) is 0. The van der Waals surface area contributed by atoms with E-state index in [1.54, 1.807) is 0 Å². The van der Waals surface area contributed by atoms with Crippen LogP contribution in [0.5, 0.6) is 0 Å². The number of hydrogen-bond acceptors (Lipinski definition) is 3. The average Bonchev–Trinajstić information content (AvgIpc) is 2.94. The second-order valence-corrected chi connectivity index (χ2v) is 6.13. The van der Waals surface area contributed by atoms with Crippen LogP contribution >= 0.6 is 0 Å². The van der Waals surface area contributed by atoms with Crippen molar-refractivity contribution in [1.29, 1.82) is 5.26 Å². The molecule has 0 amide bonds. The van der Waals surface area contributed by atoms with Gasteiger partial charge in [0.1, 0.15) is 6.07 Å². The molecule has 1 unspecified atom stereocenters. The molecule has 1 saturated heterocycles. The zero-order valence-corrected chi connectivity index (χ0v) is 12.1. The molecule has 106 valence electrons. The highest BCUT2D eigenvalue weighted by molar-refractivity contribution is 5.59. The zero-order chi connectivity index (χ0) is 14.0. The van der Waals surface area contributed by atoms with Crippen molar-refractivity contribution in [3.63, 3.8) is 0 Å². The Bertz CT molecular complexity index is 514. The van der Waals surface area contributed by atoms with Crippen LogP contribution in [0.25, 0.3) is 0 Å². The van der Waals surface area contributed by atoms with Crippen molar-refractivity contribution in [3.8, 4) is 6.07 Å². The van der Waals surface area contributed by atoms with Crippen LogP contribution in [0, 0.1) is 11.3 Å². The van der Waals surface area contributed by atoms with Gasteiger partial charge in [-0.1, -0.05) is 25.0 Å². The molecule has 2 fully saturated rings. The molecule has 1 saturated carbocycles. The van der Waals surface area contributed by atoms with E-state index >= 15 is 0 Å². The molecule has 0 bridgehead atoms. The molecule has 2 aliphatic rings. The highest BCUT2D eigenvalue weighted by atomic mass is 16.5. The Morgan fingerprint density at radius 1 is 1.30 bits per heavy atom. The van der Waals surface area contributed by atoms with Crippen molar-refractivity contribution in [2.45, 2.75) is 50.2 Å². The number of nitriles is 1. The fourth-order valence-corrected chi connectivity index (χ4v) is 3.77. The average molecular weight is 270 g/mol. The van der Waals surface area contributed by atoms with Gasteiger partial charge < -0.3 is 9.64 Å². The fourth-order valence-electron chi connectivity index (χ4n) is 3.77. The molecule has 0 N–H and O–H groups in total. The topological polar surface area (TPSA) is 36.3 Å². The first-order valence-electron chi connectivity index (χ1n) is 7.60. The second kappa shape index (κ2) is 5.46. The maximum Gasteiger partial charge on any atom is 0.101 e. The summed E-state index contributed by atoms with van der Waals surface area (Å²) in [4.78, 5) is 2.29. The number of benzene rings is 1. The largest absolute Gasteiger partial charge is 0.375 e. The molecule has 1 aromatic rings. The molecule has 3 rings (SSSR count). The molecule has 1 spiro atoms. The Morgan fingerprint density at radius 2 is 2.05 bits per heavy atom. The monoisotopic (exact) mass is 270 g/mol. The lowest BCUT2D eigenvalue weighted by molar-refractivity contribution is -0.0795. The Hall–Kier alpha value is -1.53. The van der Waals surface area contributed by atoms with Crippen molar-refractivity contribution < 1.29 is 4.74 Å². The molecule has 20 heavy (non-hydrogen) atoms. The normalized spacial score (nSPS) is 24.5. The van der Waals surface area contributed by atoms with E-state index in [-0.39, 0.29) is 5.60 Å². The van der Waals surface area contributed by atoms with Crippen LogP contribution in [0.1, 0.15) is 44.1 Å². The number of anilines is 1. The first kappa shape index (κ1) is 13.5. The van der Waals surface area contributed by atoms with Gasteiger partial charge in [-0.15, -0.1) is 0 Å². The smallest absolute Gasteiger partial charge is 0.101 e. The van der Waals surface area contributed by atoms with Crippen LogP contribution in [-0.4, -0.2) is 25.3 Å². The minimum absolute atomic E-state index is 0.124. The standard InChI is InChI=1S/C17H22N2O/c1-19(16-7-3-2-6-14(16)13-18)15-8-11-20-17(12-15)9-4-5-10-17/h2-3,6-7,15H,4-5,8-12H2,1H3. The van der Waals surface area contributed by atoms with Gasteiger partial charge >= 0.3 is 0 Å². The van der Waals surface area contributed by atoms with E-state index < -0.39 is 0 Å². The van der Waals surface area contributed by atoms with E-state index in [2.05, 4.69) is 24.1 Å². The van der Waals surface area contributed by atoms with Crippen LogP contribution in [0.15, 0.2) is 24.3 Å². The molecule has 0 radical (unpaired) electrons. The van der Waals surface area contributed by atoms with Crippen LogP contribution in [0.2, 0.25) is 0 Å². The van der Waals surface area contributed by atoms with Gasteiger partial charge in [0, 0.05) is 19.7 Å². The van der Waals surface area contributed by atoms with Gasteiger partial charge in [0.25, 0.3) is 0 Å². The lowest BCUT2D eigenvalue weighted by Gasteiger charge is -2.42.